The van der Waals surface area contributed by atoms with Crippen molar-refractivity contribution in [1.82, 2.24) is 15.0 Å². The minimum absolute atomic E-state index is 0.128. The molecule has 1 aliphatic rings. The first-order valence-corrected chi connectivity index (χ1v) is 9.41. The van der Waals surface area contributed by atoms with Crippen molar-refractivity contribution in [2.75, 3.05) is 6.54 Å². The highest BCUT2D eigenvalue weighted by Crippen LogP contribution is 2.21. The lowest BCUT2D eigenvalue weighted by Gasteiger charge is -2.28. The number of rotatable bonds is 4. The monoisotopic (exact) mass is 411 g/mol. The maximum absolute atomic E-state index is 12.5. The Balaban J connectivity index is 1.36. The van der Waals surface area contributed by atoms with Crippen LogP contribution in [-0.2, 0) is 24.2 Å². The van der Waals surface area contributed by atoms with Gasteiger partial charge in [-0.25, -0.2) is 0 Å². The summed E-state index contributed by atoms with van der Waals surface area (Å²) >= 11 is 3.41. The average molecular weight is 412 g/mol. The molecule has 2 heterocycles. The van der Waals surface area contributed by atoms with E-state index in [2.05, 4.69) is 44.3 Å². The number of hydrogen-bond donors (Lipinski definition) is 0. The minimum atomic E-state index is 0.128. The molecular formula is C20H18BrN3O2. The molecule has 2 aromatic carbocycles. The Kier molecular flexibility index (Phi) is 4.84. The highest BCUT2D eigenvalue weighted by molar-refractivity contribution is 9.10. The van der Waals surface area contributed by atoms with E-state index in [0.29, 0.717) is 31.1 Å². The second kappa shape index (κ2) is 7.41. The van der Waals surface area contributed by atoms with Crippen LogP contribution >= 0.6 is 15.9 Å². The van der Waals surface area contributed by atoms with E-state index in [1.807, 2.05) is 35.2 Å². The van der Waals surface area contributed by atoms with Gasteiger partial charge in [0.15, 0.2) is 0 Å². The molecule has 1 aliphatic heterocycles. The largest absolute Gasteiger partial charge is 0.339 e. The van der Waals surface area contributed by atoms with Crippen molar-refractivity contribution in [3.05, 3.63) is 70.0 Å². The van der Waals surface area contributed by atoms with Crippen molar-refractivity contribution >= 4 is 21.8 Å². The molecule has 0 atom stereocenters. The topological polar surface area (TPSA) is 59.2 Å². The average Bonchev–Trinajstić information content (AvgIpc) is 3.15. The van der Waals surface area contributed by atoms with Gasteiger partial charge in [0.25, 0.3) is 0 Å². The SMILES string of the molecule is O=C(CCc1nc(-c2ccc(Br)cc2)no1)N1CCc2ccccc2C1. The summed E-state index contributed by atoms with van der Waals surface area (Å²) in [6.07, 6.45) is 1.75. The number of benzene rings is 2. The summed E-state index contributed by atoms with van der Waals surface area (Å²) in [6.45, 7) is 1.45. The van der Waals surface area contributed by atoms with Gasteiger partial charge in [-0.1, -0.05) is 45.4 Å². The molecule has 3 aromatic rings. The van der Waals surface area contributed by atoms with Crippen LogP contribution in [0.4, 0.5) is 0 Å². The van der Waals surface area contributed by atoms with E-state index in [9.17, 15) is 4.79 Å². The summed E-state index contributed by atoms with van der Waals surface area (Å²) in [5.74, 6) is 1.17. The van der Waals surface area contributed by atoms with E-state index in [4.69, 9.17) is 4.52 Å². The summed E-state index contributed by atoms with van der Waals surface area (Å²) < 4.78 is 6.30. The van der Waals surface area contributed by atoms with E-state index in [1.165, 1.54) is 11.1 Å². The van der Waals surface area contributed by atoms with Crippen LogP contribution in [0.3, 0.4) is 0 Å². The molecule has 0 unspecified atom stereocenters. The Morgan fingerprint density at radius 1 is 1.12 bits per heavy atom. The molecular weight excluding hydrogens is 394 g/mol. The van der Waals surface area contributed by atoms with E-state index in [-0.39, 0.29) is 5.91 Å². The Hall–Kier alpha value is -2.47. The van der Waals surface area contributed by atoms with Gasteiger partial charge in [-0.3, -0.25) is 4.79 Å². The van der Waals surface area contributed by atoms with Gasteiger partial charge in [0.05, 0.1) is 0 Å². The summed E-state index contributed by atoms with van der Waals surface area (Å²) in [7, 11) is 0. The smallest absolute Gasteiger partial charge is 0.227 e. The maximum Gasteiger partial charge on any atom is 0.227 e. The molecule has 1 amide bonds. The Morgan fingerprint density at radius 3 is 2.69 bits per heavy atom. The number of aromatic nitrogens is 2. The quantitative estimate of drug-likeness (QED) is 0.650. The second-order valence-electron chi connectivity index (χ2n) is 6.35. The number of carbonyl (C=O) groups is 1. The van der Waals surface area contributed by atoms with Gasteiger partial charge in [0.1, 0.15) is 0 Å². The van der Waals surface area contributed by atoms with Crippen molar-refractivity contribution in [3.63, 3.8) is 0 Å². The van der Waals surface area contributed by atoms with Crippen LogP contribution in [0.5, 0.6) is 0 Å². The number of nitrogens with zero attached hydrogens (tertiary/aromatic N) is 3. The minimum Gasteiger partial charge on any atom is -0.339 e. The van der Waals surface area contributed by atoms with E-state index >= 15 is 0 Å². The van der Waals surface area contributed by atoms with Crippen molar-refractivity contribution in [3.8, 4) is 11.4 Å². The van der Waals surface area contributed by atoms with Crippen LogP contribution in [0.15, 0.2) is 57.5 Å². The maximum atomic E-state index is 12.5. The summed E-state index contributed by atoms with van der Waals surface area (Å²) in [5.41, 5.74) is 3.47. The van der Waals surface area contributed by atoms with Gasteiger partial charge >= 0.3 is 0 Å². The predicted molar refractivity (Wildman–Crippen MR) is 101 cm³/mol. The van der Waals surface area contributed by atoms with Crippen molar-refractivity contribution in [2.24, 2.45) is 0 Å². The van der Waals surface area contributed by atoms with Crippen LogP contribution in [-0.4, -0.2) is 27.5 Å². The summed E-state index contributed by atoms with van der Waals surface area (Å²) in [6, 6.07) is 16.0. The molecule has 1 aromatic heterocycles. The second-order valence-corrected chi connectivity index (χ2v) is 7.27. The third-order valence-corrected chi connectivity index (χ3v) is 5.14. The van der Waals surface area contributed by atoms with Crippen LogP contribution in [0.25, 0.3) is 11.4 Å². The first-order chi connectivity index (χ1) is 12.7. The number of aryl methyl sites for hydroxylation is 1. The number of amides is 1. The fraction of sp³-hybridized carbons (Fsp3) is 0.250. The number of halogens is 1. The lowest BCUT2D eigenvalue weighted by Crippen LogP contribution is -2.36. The van der Waals surface area contributed by atoms with Gasteiger partial charge < -0.3 is 9.42 Å². The van der Waals surface area contributed by atoms with Crippen LogP contribution in [0, 0.1) is 0 Å². The fourth-order valence-corrected chi connectivity index (χ4v) is 3.42. The number of fused-ring (bicyclic) bond motifs is 1. The van der Waals surface area contributed by atoms with E-state index < -0.39 is 0 Å². The molecule has 132 valence electrons. The van der Waals surface area contributed by atoms with Crippen molar-refractivity contribution in [1.29, 1.82) is 0 Å². The first kappa shape index (κ1) is 17.0. The Morgan fingerprint density at radius 2 is 1.88 bits per heavy atom. The normalized spacial score (nSPS) is 13.5. The Labute approximate surface area is 160 Å². The lowest BCUT2D eigenvalue weighted by molar-refractivity contribution is -0.132. The molecule has 0 fully saturated rings. The first-order valence-electron chi connectivity index (χ1n) is 8.62. The molecule has 0 saturated carbocycles. The molecule has 6 heteroatoms. The zero-order valence-corrected chi connectivity index (χ0v) is 15.8. The molecule has 0 N–H and O–H groups in total. The molecule has 0 radical (unpaired) electrons. The highest BCUT2D eigenvalue weighted by Gasteiger charge is 2.21. The molecule has 4 rings (SSSR count). The standard InChI is InChI=1S/C20H18BrN3O2/c21-17-7-5-15(6-8-17)20-22-18(26-23-20)9-10-19(25)24-12-11-14-3-1-2-4-16(14)13-24/h1-8H,9-13H2. The molecule has 0 bridgehead atoms. The van der Waals surface area contributed by atoms with Gasteiger partial charge in [0, 0.05) is 36.0 Å². The summed E-state index contributed by atoms with van der Waals surface area (Å²) in [5, 5.41) is 4.01. The number of carbonyl (C=O) groups excluding carboxylic acids is 1. The summed E-state index contributed by atoms with van der Waals surface area (Å²) in [4.78, 5) is 18.8. The van der Waals surface area contributed by atoms with Crippen molar-refractivity contribution in [2.45, 2.75) is 25.8 Å². The molecule has 0 saturated heterocycles. The predicted octanol–water partition coefficient (Wildman–Crippen LogP) is 4.02. The van der Waals surface area contributed by atoms with Gasteiger partial charge in [0.2, 0.25) is 17.6 Å². The zero-order valence-electron chi connectivity index (χ0n) is 14.2. The van der Waals surface area contributed by atoms with Crippen LogP contribution in [0.2, 0.25) is 0 Å². The Bertz CT molecular complexity index is 921. The highest BCUT2D eigenvalue weighted by atomic mass is 79.9. The third kappa shape index (κ3) is 3.70. The van der Waals surface area contributed by atoms with Crippen LogP contribution in [0.1, 0.15) is 23.4 Å². The van der Waals surface area contributed by atoms with Gasteiger partial charge in [-0.15, -0.1) is 0 Å². The number of hydrogen-bond acceptors (Lipinski definition) is 4. The fourth-order valence-electron chi connectivity index (χ4n) is 3.15. The molecule has 0 aliphatic carbocycles. The van der Waals surface area contributed by atoms with E-state index in [1.54, 1.807) is 0 Å². The molecule has 5 nitrogen and oxygen atoms in total. The zero-order chi connectivity index (χ0) is 17.9. The van der Waals surface area contributed by atoms with Gasteiger partial charge in [-0.05, 0) is 41.8 Å². The lowest BCUT2D eigenvalue weighted by atomic mass is 9.99. The molecule has 0 spiro atoms. The molecule has 26 heavy (non-hydrogen) atoms. The van der Waals surface area contributed by atoms with Crippen LogP contribution < -0.4 is 0 Å². The van der Waals surface area contributed by atoms with Crippen molar-refractivity contribution < 1.29 is 9.32 Å². The third-order valence-electron chi connectivity index (χ3n) is 4.61. The van der Waals surface area contributed by atoms with E-state index in [0.717, 1.165) is 23.0 Å². The van der Waals surface area contributed by atoms with Gasteiger partial charge in [-0.2, -0.15) is 4.98 Å².